The maximum atomic E-state index is 10.1. The first-order valence-electron chi connectivity index (χ1n) is 6.44. The van der Waals surface area contributed by atoms with Crippen LogP contribution in [0, 0.1) is 0 Å². The minimum atomic E-state index is 0.373. The summed E-state index contributed by atoms with van der Waals surface area (Å²) >= 11 is 0. The first kappa shape index (κ1) is 13.1. The molecule has 1 aromatic rings. The standard InChI is InChI=1S/C13H24N2O/c1-5-8-9-12-13(16)11(7-3)14-15(12)10(4)6-2/h10,16H,5-9H2,1-4H3. The maximum absolute atomic E-state index is 10.1. The summed E-state index contributed by atoms with van der Waals surface area (Å²) in [5.74, 6) is 0.427. The second-order valence-electron chi connectivity index (χ2n) is 4.40. The molecule has 0 amide bonds. The fourth-order valence-corrected chi connectivity index (χ4v) is 1.87. The summed E-state index contributed by atoms with van der Waals surface area (Å²) in [5.41, 5.74) is 1.86. The highest BCUT2D eigenvalue weighted by atomic mass is 16.3. The van der Waals surface area contributed by atoms with Crippen LogP contribution in [0.4, 0.5) is 0 Å². The summed E-state index contributed by atoms with van der Waals surface area (Å²) in [6, 6.07) is 0.373. The van der Waals surface area contributed by atoms with E-state index in [9.17, 15) is 5.11 Å². The molecule has 0 radical (unpaired) electrons. The van der Waals surface area contributed by atoms with Gasteiger partial charge in [-0.2, -0.15) is 5.10 Å². The van der Waals surface area contributed by atoms with E-state index >= 15 is 0 Å². The number of hydrogen-bond acceptors (Lipinski definition) is 2. The Balaban J connectivity index is 3.03. The van der Waals surface area contributed by atoms with Crippen LogP contribution >= 0.6 is 0 Å². The lowest BCUT2D eigenvalue weighted by Gasteiger charge is -2.13. The van der Waals surface area contributed by atoms with Gasteiger partial charge < -0.3 is 5.11 Å². The number of aryl methyl sites for hydroxylation is 1. The summed E-state index contributed by atoms with van der Waals surface area (Å²) in [4.78, 5) is 0. The molecule has 1 aromatic heterocycles. The molecule has 92 valence electrons. The third kappa shape index (κ3) is 2.57. The largest absolute Gasteiger partial charge is 0.504 e. The van der Waals surface area contributed by atoms with Gasteiger partial charge >= 0.3 is 0 Å². The molecule has 1 atom stereocenters. The highest BCUT2D eigenvalue weighted by Gasteiger charge is 2.17. The molecule has 3 nitrogen and oxygen atoms in total. The summed E-state index contributed by atoms with van der Waals surface area (Å²) in [5, 5.41) is 14.6. The number of aromatic nitrogens is 2. The van der Waals surface area contributed by atoms with E-state index in [1.54, 1.807) is 0 Å². The van der Waals surface area contributed by atoms with Crippen LogP contribution < -0.4 is 0 Å². The third-order valence-corrected chi connectivity index (χ3v) is 3.16. The fourth-order valence-electron chi connectivity index (χ4n) is 1.87. The van der Waals surface area contributed by atoms with Gasteiger partial charge in [-0.05, 0) is 32.6 Å². The average Bonchev–Trinajstić information content (AvgIpc) is 2.62. The van der Waals surface area contributed by atoms with Crippen LogP contribution in [0.15, 0.2) is 0 Å². The number of rotatable bonds is 6. The Labute approximate surface area is 98.5 Å². The molecule has 0 saturated carbocycles. The van der Waals surface area contributed by atoms with E-state index in [0.29, 0.717) is 11.8 Å². The van der Waals surface area contributed by atoms with Crippen LogP contribution in [0.2, 0.25) is 0 Å². The van der Waals surface area contributed by atoms with Crippen molar-refractivity contribution in [3.05, 3.63) is 11.4 Å². The molecule has 0 aliphatic carbocycles. The second kappa shape index (κ2) is 5.92. The predicted octanol–water partition coefficient (Wildman–Crippen LogP) is 3.46. The Morgan fingerprint density at radius 3 is 2.50 bits per heavy atom. The SMILES string of the molecule is CCCCc1c(O)c(CC)nn1C(C)CC. The zero-order valence-electron chi connectivity index (χ0n) is 11.0. The van der Waals surface area contributed by atoms with E-state index < -0.39 is 0 Å². The van der Waals surface area contributed by atoms with E-state index in [4.69, 9.17) is 0 Å². The van der Waals surface area contributed by atoms with Crippen molar-refractivity contribution in [1.82, 2.24) is 9.78 Å². The number of unbranched alkanes of at least 4 members (excludes halogenated alkanes) is 1. The molecule has 1 unspecified atom stereocenters. The molecular formula is C13H24N2O. The zero-order chi connectivity index (χ0) is 12.1. The Morgan fingerprint density at radius 1 is 1.31 bits per heavy atom. The number of aromatic hydroxyl groups is 1. The van der Waals surface area contributed by atoms with Crippen molar-refractivity contribution >= 4 is 0 Å². The van der Waals surface area contributed by atoms with Gasteiger partial charge in [0.15, 0.2) is 5.75 Å². The van der Waals surface area contributed by atoms with E-state index in [1.165, 1.54) is 0 Å². The molecular weight excluding hydrogens is 200 g/mol. The van der Waals surface area contributed by atoms with Gasteiger partial charge in [-0.1, -0.05) is 27.2 Å². The van der Waals surface area contributed by atoms with Gasteiger partial charge in [-0.3, -0.25) is 4.68 Å². The lowest BCUT2D eigenvalue weighted by molar-refractivity contribution is 0.434. The quantitative estimate of drug-likeness (QED) is 0.803. The van der Waals surface area contributed by atoms with Gasteiger partial charge in [0.05, 0.1) is 5.69 Å². The molecule has 0 aliphatic heterocycles. The van der Waals surface area contributed by atoms with Crippen molar-refractivity contribution in [2.45, 2.75) is 65.8 Å². The van der Waals surface area contributed by atoms with Crippen LogP contribution in [0.25, 0.3) is 0 Å². The molecule has 0 spiro atoms. The van der Waals surface area contributed by atoms with Crippen molar-refractivity contribution < 1.29 is 5.11 Å². The van der Waals surface area contributed by atoms with Gasteiger partial charge in [-0.25, -0.2) is 0 Å². The lowest BCUT2D eigenvalue weighted by atomic mass is 10.1. The van der Waals surface area contributed by atoms with Crippen LogP contribution in [-0.4, -0.2) is 14.9 Å². The lowest BCUT2D eigenvalue weighted by Crippen LogP contribution is -2.10. The van der Waals surface area contributed by atoms with Gasteiger partial charge in [0.25, 0.3) is 0 Å². The Bertz CT molecular complexity index is 331. The fraction of sp³-hybridized carbons (Fsp3) is 0.769. The summed E-state index contributed by atoms with van der Waals surface area (Å²) in [6.07, 6.45) is 5.03. The Hall–Kier alpha value is -0.990. The summed E-state index contributed by atoms with van der Waals surface area (Å²) in [7, 11) is 0. The smallest absolute Gasteiger partial charge is 0.160 e. The van der Waals surface area contributed by atoms with Crippen LogP contribution in [0.3, 0.4) is 0 Å². The number of nitrogens with zero attached hydrogens (tertiary/aromatic N) is 2. The van der Waals surface area contributed by atoms with E-state index in [1.807, 2.05) is 11.6 Å². The zero-order valence-corrected chi connectivity index (χ0v) is 11.0. The molecule has 1 rings (SSSR count). The second-order valence-corrected chi connectivity index (χ2v) is 4.40. The summed E-state index contributed by atoms with van der Waals surface area (Å²) in [6.45, 7) is 8.51. The summed E-state index contributed by atoms with van der Waals surface area (Å²) < 4.78 is 2.02. The average molecular weight is 224 g/mol. The van der Waals surface area contributed by atoms with E-state index in [-0.39, 0.29) is 0 Å². The van der Waals surface area contributed by atoms with Crippen LogP contribution in [0.5, 0.6) is 5.75 Å². The molecule has 0 bridgehead atoms. The molecule has 0 fully saturated rings. The third-order valence-electron chi connectivity index (χ3n) is 3.16. The monoisotopic (exact) mass is 224 g/mol. The first-order chi connectivity index (χ1) is 7.65. The molecule has 1 N–H and O–H groups in total. The van der Waals surface area contributed by atoms with Gasteiger partial charge in [0.2, 0.25) is 0 Å². The topological polar surface area (TPSA) is 38.1 Å². The van der Waals surface area contributed by atoms with Gasteiger partial charge in [0, 0.05) is 6.04 Å². The van der Waals surface area contributed by atoms with Crippen molar-refractivity contribution in [2.24, 2.45) is 0 Å². The normalized spacial score (nSPS) is 13.0. The highest BCUT2D eigenvalue weighted by molar-refractivity contribution is 5.32. The number of hydrogen-bond donors (Lipinski definition) is 1. The van der Waals surface area contributed by atoms with Crippen molar-refractivity contribution in [3.63, 3.8) is 0 Å². The van der Waals surface area contributed by atoms with Gasteiger partial charge in [-0.15, -0.1) is 0 Å². The van der Waals surface area contributed by atoms with Crippen molar-refractivity contribution in [3.8, 4) is 5.75 Å². The van der Waals surface area contributed by atoms with Gasteiger partial charge in [0.1, 0.15) is 5.69 Å². The van der Waals surface area contributed by atoms with Crippen LogP contribution in [-0.2, 0) is 12.8 Å². The highest BCUT2D eigenvalue weighted by Crippen LogP contribution is 2.27. The van der Waals surface area contributed by atoms with Crippen molar-refractivity contribution in [1.29, 1.82) is 0 Å². The Morgan fingerprint density at radius 2 is 2.00 bits per heavy atom. The minimum absolute atomic E-state index is 0.373. The van der Waals surface area contributed by atoms with E-state index in [2.05, 4.69) is 25.9 Å². The van der Waals surface area contributed by atoms with Crippen molar-refractivity contribution in [2.75, 3.05) is 0 Å². The molecule has 0 aromatic carbocycles. The molecule has 1 heterocycles. The molecule has 16 heavy (non-hydrogen) atoms. The minimum Gasteiger partial charge on any atom is -0.504 e. The molecule has 0 saturated heterocycles. The molecule has 0 aliphatic rings. The predicted molar refractivity (Wildman–Crippen MR) is 66.9 cm³/mol. The molecule has 3 heteroatoms. The maximum Gasteiger partial charge on any atom is 0.160 e. The van der Waals surface area contributed by atoms with E-state index in [0.717, 1.165) is 43.5 Å². The van der Waals surface area contributed by atoms with Crippen LogP contribution in [0.1, 0.15) is 64.4 Å². The first-order valence-corrected chi connectivity index (χ1v) is 6.44. The Kier molecular flexibility index (Phi) is 4.84.